The molecule has 2 rings (SSSR count). The fraction of sp³-hybridized carbons (Fsp3) is 0.923. The van der Waals surface area contributed by atoms with Crippen LogP contribution in [0.1, 0.15) is 39.0 Å². The van der Waals surface area contributed by atoms with Crippen LogP contribution < -0.4 is 5.32 Å². The number of carbonyl (C=O) groups excluding carboxylic acids is 1. The first-order valence-corrected chi connectivity index (χ1v) is 6.59. The number of esters is 1. The number of ether oxygens (including phenoxy) is 2. The predicted octanol–water partition coefficient (Wildman–Crippen LogP) is 1.49. The van der Waals surface area contributed by atoms with E-state index in [1.807, 2.05) is 6.92 Å². The zero-order valence-corrected chi connectivity index (χ0v) is 10.8. The SMILES string of the molecule is COC(=O)C1(C)CC(CC2CCCCO2)CN1. The zero-order chi connectivity index (χ0) is 12.3. The number of nitrogens with one attached hydrogen (secondary N) is 1. The molecule has 0 bridgehead atoms. The van der Waals surface area contributed by atoms with E-state index in [1.54, 1.807) is 0 Å². The van der Waals surface area contributed by atoms with Crippen molar-refractivity contribution in [3.8, 4) is 0 Å². The molecule has 17 heavy (non-hydrogen) atoms. The van der Waals surface area contributed by atoms with Crippen molar-refractivity contribution >= 4 is 5.97 Å². The molecule has 98 valence electrons. The summed E-state index contributed by atoms with van der Waals surface area (Å²) in [5, 5.41) is 3.29. The van der Waals surface area contributed by atoms with Gasteiger partial charge in [-0.25, -0.2) is 0 Å². The molecule has 2 saturated heterocycles. The van der Waals surface area contributed by atoms with Crippen molar-refractivity contribution in [2.24, 2.45) is 5.92 Å². The summed E-state index contributed by atoms with van der Waals surface area (Å²) in [6.45, 7) is 3.73. The summed E-state index contributed by atoms with van der Waals surface area (Å²) in [6, 6.07) is 0. The van der Waals surface area contributed by atoms with E-state index in [0.29, 0.717) is 12.0 Å². The number of carbonyl (C=O) groups is 1. The molecule has 2 fully saturated rings. The maximum absolute atomic E-state index is 11.7. The highest BCUT2D eigenvalue weighted by atomic mass is 16.5. The molecule has 2 aliphatic rings. The van der Waals surface area contributed by atoms with Gasteiger partial charge in [0, 0.05) is 6.61 Å². The van der Waals surface area contributed by atoms with Crippen molar-refractivity contribution in [2.45, 2.75) is 50.7 Å². The molecule has 1 N–H and O–H groups in total. The minimum Gasteiger partial charge on any atom is -0.468 e. The number of rotatable bonds is 3. The van der Waals surface area contributed by atoms with Crippen LogP contribution in [0.5, 0.6) is 0 Å². The molecule has 4 heteroatoms. The van der Waals surface area contributed by atoms with Gasteiger partial charge < -0.3 is 14.8 Å². The van der Waals surface area contributed by atoms with Crippen LogP contribution >= 0.6 is 0 Å². The van der Waals surface area contributed by atoms with E-state index in [4.69, 9.17) is 9.47 Å². The van der Waals surface area contributed by atoms with Crippen LogP contribution in [0, 0.1) is 5.92 Å². The monoisotopic (exact) mass is 241 g/mol. The molecule has 0 radical (unpaired) electrons. The fourth-order valence-corrected chi connectivity index (χ4v) is 3.00. The third kappa shape index (κ3) is 2.99. The lowest BCUT2D eigenvalue weighted by Crippen LogP contribution is -2.45. The second-order valence-corrected chi connectivity index (χ2v) is 5.50. The average Bonchev–Trinajstić information content (AvgIpc) is 2.72. The van der Waals surface area contributed by atoms with Crippen LogP contribution in [0.15, 0.2) is 0 Å². The lowest BCUT2D eigenvalue weighted by molar-refractivity contribution is -0.147. The number of hydrogen-bond acceptors (Lipinski definition) is 4. The average molecular weight is 241 g/mol. The Hall–Kier alpha value is -0.610. The normalized spacial score (nSPS) is 38.0. The standard InChI is InChI=1S/C13H23NO3/c1-13(12(15)16-2)8-10(9-14-13)7-11-5-3-4-6-17-11/h10-11,14H,3-9H2,1-2H3. The molecular weight excluding hydrogens is 218 g/mol. The lowest BCUT2D eigenvalue weighted by atomic mass is 9.90. The summed E-state index contributed by atoms with van der Waals surface area (Å²) in [5.41, 5.74) is -0.492. The topological polar surface area (TPSA) is 47.6 Å². The van der Waals surface area contributed by atoms with E-state index in [-0.39, 0.29) is 5.97 Å². The quantitative estimate of drug-likeness (QED) is 0.760. The van der Waals surface area contributed by atoms with E-state index in [2.05, 4.69) is 5.32 Å². The summed E-state index contributed by atoms with van der Waals surface area (Å²) >= 11 is 0. The Balaban J connectivity index is 1.82. The maximum Gasteiger partial charge on any atom is 0.325 e. The summed E-state index contributed by atoms with van der Waals surface area (Å²) in [5.74, 6) is 0.381. The van der Waals surface area contributed by atoms with E-state index in [9.17, 15) is 4.79 Å². The van der Waals surface area contributed by atoms with Crippen molar-refractivity contribution in [3.63, 3.8) is 0 Å². The fourth-order valence-electron chi connectivity index (χ4n) is 3.00. The third-order valence-corrected chi connectivity index (χ3v) is 3.98. The van der Waals surface area contributed by atoms with Gasteiger partial charge >= 0.3 is 5.97 Å². The van der Waals surface area contributed by atoms with Crippen molar-refractivity contribution in [3.05, 3.63) is 0 Å². The number of hydrogen-bond donors (Lipinski definition) is 1. The number of methoxy groups -OCH3 is 1. The third-order valence-electron chi connectivity index (χ3n) is 3.98. The van der Waals surface area contributed by atoms with Gasteiger partial charge in [-0.15, -0.1) is 0 Å². The molecule has 0 aromatic rings. The van der Waals surface area contributed by atoms with E-state index >= 15 is 0 Å². The Labute approximate surface area is 103 Å². The molecule has 4 nitrogen and oxygen atoms in total. The molecule has 0 aromatic carbocycles. The Bertz CT molecular complexity index is 276. The highest BCUT2D eigenvalue weighted by molar-refractivity contribution is 5.80. The van der Waals surface area contributed by atoms with Crippen LogP contribution in [0.3, 0.4) is 0 Å². The molecule has 0 aliphatic carbocycles. The zero-order valence-electron chi connectivity index (χ0n) is 10.8. The summed E-state index contributed by atoms with van der Waals surface area (Å²) in [4.78, 5) is 11.7. The Morgan fingerprint density at radius 2 is 2.35 bits per heavy atom. The second-order valence-electron chi connectivity index (χ2n) is 5.50. The van der Waals surface area contributed by atoms with Gasteiger partial charge in [0.1, 0.15) is 5.54 Å². The first kappa shape index (κ1) is 12.8. The van der Waals surface area contributed by atoms with Crippen molar-refractivity contribution in [1.29, 1.82) is 0 Å². The van der Waals surface area contributed by atoms with Crippen LogP contribution in [0.25, 0.3) is 0 Å². The van der Waals surface area contributed by atoms with E-state index in [0.717, 1.165) is 26.0 Å². The van der Waals surface area contributed by atoms with Crippen molar-refractivity contribution < 1.29 is 14.3 Å². The summed E-state index contributed by atoms with van der Waals surface area (Å²) in [7, 11) is 1.45. The first-order valence-electron chi connectivity index (χ1n) is 6.59. The van der Waals surface area contributed by atoms with Gasteiger partial charge in [-0.1, -0.05) is 0 Å². The minimum absolute atomic E-state index is 0.149. The van der Waals surface area contributed by atoms with Crippen LogP contribution in [0.2, 0.25) is 0 Å². The Morgan fingerprint density at radius 1 is 1.53 bits per heavy atom. The molecular formula is C13H23NO3. The molecule has 0 aromatic heterocycles. The van der Waals surface area contributed by atoms with Gasteiger partial charge in [0.25, 0.3) is 0 Å². The van der Waals surface area contributed by atoms with Gasteiger partial charge in [-0.2, -0.15) is 0 Å². The molecule has 3 unspecified atom stereocenters. The lowest BCUT2D eigenvalue weighted by Gasteiger charge is -2.25. The van der Waals surface area contributed by atoms with E-state index < -0.39 is 5.54 Å². The van der Waals surface area contributed by atoms with Gasteiger partial charge in [0.05, 0.1) is 13.2 Å². The van der Waals surface area contributed by atoms with Crippen LogP contribution in [0.4, 0.5) is 0 Å². The van der Waals surface area contributed by atoms with Crippen molar-refractivity contribution in [2.75, 3.05) is 20.3 Å². The Kier molecular flexibility index (Phi) is 4.05. The smallest absolute Gasteiger partial charge is 0.325 e. The van der Waals surface area contributed by atoms with E-state index in [1.165, 1.54) is 26.4 Å². The van der Waals surface area contributed by atoms with Gasteiger partial charge in [0.2, 0.25) is 0 Å². The summed E-state index contributed by atoms with van der Waals surface area (Å²) in [6.07, 6.45) is 5.97. The van der Waals surface area contributed by atoms with Gasteiger partial charge in [-0.05, 0) is 51.5 Å². The maximum atomic E-state index is 11.7. The highest BCUT2D eigenvalue weighted by Crippen LogP contribution is 2.30. The molecule has 0 saturated carbocycles. The Morgan fingerprint density at radius 3 is 3.00 bits per heavy atom. The van der Waals surface area contributed by atoms with Gasteiger partial charge in [0.15, 0.2) is 0 Å². The molecule has 0 amide bonds. The highest BCUT2D eigenvalue weighted by Gasteiger charge is 2.42. The molecule has 2 heterocycles. The van der Waals surface area contributed by atoms with Crippen molar-refractivity contribution in [1.82, 2.24) is 5.32 Å². The second kappa shape index (κ2) is 5.36. The minimum atomic E-state index is -0.492. The molecule has 0 spiro atoms. The molecule has 2 aliphatic heterocycles. The van der Waals surface area contributed by atoms with Crippen LogP contribution in [-0.4, -0.2) is 37.9 Å². The molecule has 3 atom stereocenters. The van der Waals surface area contributed by atoms with Gasteiger partial charge in [-0.3, -0.25) is 4.79 Å². The summed E-state index contributed by atoms with van der Waals surface area (Å²) < 4.78 is 10.6. The predicted molar refractivity (Wildman–Crippen MR) is 64.7 cm³/mol. The first-order chi connectivity index (χ1) is 8.14. The largest absolute Gasteiger partial charge is 0.468 e. The van der Waals surface area contributed by atoms with Crippen LogP contribution in [-0.2, 0) is 14.3 Å².